The molecule has 1 N–H and O–H groups in total. The maximum absolute atomic E-state index is 12.6. The molecule has 1 aliphatic rings. The van der Waals surface area contributed by atoms with Crippen molar-refractivity contribution in [2.75, 3.05) is 19.6 Å². The summed E-state index contributed by atoms with van der Waals surface area (Å²) in [5, 5.41) is 7.06. The molecule has 1 unspecified atom stereocenters. The summed E-state index contributed by atoms with van der Waals surface area (Å²) in [5.74, 6) is 1.47. The number of aromatic nitrogens is 1. The van der Waals surface area contributed by atoms with Gasteiger partial charge in [0.1, 0.15) is 18.1 Å². The van der Waals surface area contributed by atoms with Crippen molar-refractivity contribution in [3.63, 3.8) is 0 Å². The summed E-state index contributed by atoms with van der Waals surface area (Å²) in [4.78, 5) is 15.1. The van der Waals surface area contributed by atoms with Crippen LogP contribution in [0.3, 0.4) is 0 Å². The minimum atomic E-state index is -0.0247. The minimum absolute atomic E-state index is 0.0247. The largest absolute Gasteiger partial charge is 0.489 e. The summed E-state index contributed by atoms with van der Waals surface area (Å²) >= 11 is 0. The van der Waals surface area contributed by atoms with Crippen LogP contribution in [-0.4, -0.2) is 41.6 Å². The van der Waals surface area contributed by atoms with Gasteiger partial charge >= 0.3 is 0 Å². The van der Waals surface area contributed by atoms with Crippen LogP contribution >= 0.6 is 0 Å². The van der Waals surface area contributed by atoms with Crippen molar-refractivity contribution in [3.05, 3.63) is 46.8 Å². The lowest BCUT2D eigenvalue weighted by atomic mass is 10.0. The van der Waals surface area contributed by atoms with Crippen LogP contribution < -0.4 is 10.1 Å². The minimum Gasteiger partial charge on any atom is -0.489 e. The van der Waals surface area contributed by atoms with Gasteiger partial charge in [0.15, 0.2) is 0 Å². The van der Waals surface area contributed by atoms with Crippen molar-refractivity contribution in [3.8, 4) is 5.75 Å². The second kappa shape index (κ2) is 10.4. The maximum atomic E-state index is 12.6. The molecule has 0 saturated carbocycles. The summed E-state index contributed by atoms with van der Waals surface area (Å²) in [6, 6.07) is 7.75. The third-order valence-electron chi connectivity index (χ3n) is 5.73. The van der Waals surface area contributed by atoms with E-state index in [1.165, 1.54) is 32.1 Å². The number of unbranched alkanes of at least 4 members (excludes halogenated alkanes) is 1. The molecule has 2 heterocycles. The average molecular weight is 400 g/mol. The molecule has 158 valence electrons. The number of likely N-dealkylation sites (tertiary alicyclic amines) is 1. The Hall–Kier alpha value is -2.34. The molecule has 1 atom stereocenters. The van der Waals surface area contributed by atoms with Crippen LogP contribution in [0, 0.1) is 13.8 Å². The standard InChI is InChI=1S/C23H33N3O3/c1-4-5-13-26-14-7-6-8-20(26)15-24-23(27)19-9-11-21(12-10-19)28-16-22-17(2)25-29-18(22)3/h9-12,20H,4-8,13-16H2,1-3H3,(H,24,27). The van der Waals surface area contributed by atoms with E-state index in [1.54, 1.807) is 0 Å². The van der Waals surface area contributed by atoms with E-state index in [0.717, 1.165) is 35.9 Å². The van der Waals surface area contributed by atoms with E-state index in [0.29, 0.717) is 24.8 Å². The van der Waals surface area contributed by atoms with Gasteiger partial charge in [-0.2, -0.15) is 0 Å². The molecule has 0 radical (unpaired) electrons. The molecule has 6 nitrogen and oxygen atoms in total. The summed E-state index contributed by atoms with van der Waals surface area (Å²) in [5.41, 5.74) is 2.46. The zero-order valence-corrected chi connectivity index (χ0v) is 17.9. The summed E-state index contributed by atoms with van der Waals surface area (Å²) < 4.78 is 11.0. The zero-order valence-electron chi connectivity index (χ0n) is 17.9. The number of rotatable bonds is 9. The molecule has 1 aliphatic heterocycles. The molecule has 29 heavy (non-hydrogen) atoms. The summed E-state index contributed by atoms with van der Waals surface area (Å²) in [6.45, 7) is 9.41. The van der Waals surface area contributed by atoms with E-state index in [4.69, 9.17) is 9.26 Å². The highest BCUT2D eigenvalue weighted by Gasteiger charge is 2.22. The first-order valence-corrected chi connectivity index (χ1v) is 10.7. The molecule has 0 bridgehead atoms. The lowest BCUT2D eigenvalue weighted by Crippen LogP contribution is -2.47. The first-order chi connectivity index (χ1) is 14.1. The second-order valence-electron chi connectivity index (χ2n) is 7.86. The number of carbonyl (C=O) groups excluding carboxylic acids is 1. The number of nitrogens with one attached hydrogen (secondary N) is 1. The Bertz CT molecular complexity index is 766. The second-order valence-corrected chi connectivity index (χ2v) is 7.86. The fourth-order valence-corrected chi connectivity index (χ4v) is 3.83. The lowest BCUT2D eigenvalue weighted by molar-refractivity contribution is 0.0912. The normalized spacial score (nSPS) is 17.3. The Morgan fingerprint density at radius 3 is 2.76 bits per heavy atom. The Morgan fingerprint density at radius 1 is 1.28 bits per heavy atom. The summed E-state index contributed by atoms with van der Waals surface area (Å²) in [6.07, 6.45) is 6.11. The van der Waals surface area contributed by atoms with Crippen molar-refractivity contribution in [2.24, 2.45) is 0 Å². The summed E-state index contributed by atoms with van der Waals surface area (Å²) in [7, 11) is 0. The Balaban J connectivity index is 1.49. The molecule has 1 aromatic heterocycles. The maximum Gasteiger partial charge on any atom is 0.251 e. The third kappa shape index (κ3) is 5.82. The van der Waals surface area contributed by atoms with Crippen LogP contribution in [-0.2, 0) is 6.61 Å². The highest BCUT2D eigenvalue weighted by Crippen LogP contribution is 2.19. The van der Waals surface area contributed by atoms with Crippen LogP contribution in [0.2, 0.25) is 0 Å². The van der Waals surface area contributed by atoms with Gasteiger partial charge in [0.05, 0.1) is 11.3 Å². The number of hydrogen-bond donors (Lipinski definition) is 1. The highest BCUT2D eigenvalue weighted by atomic mass is 16.5. The number of piperidine rings is 1. The predicted octanol–water partition coefficient (Wildman–Crippen LogP) is 4.25. The van der Waals surface area contributed by atoms with Crippen LogP contribution in [0.15, 0.2) is 28.8 Å². The van der Waals surface area contributed by atoms with Crippen LogP contribution in [0.4, 0.5) is 0 Å². The molecule has 1 fully saturated rings. The van der Waals surface area contributed by atoms with Crippen LogP contribution in [0.5, 0.6) is 5.75 Å². The fraction of sp³-hybridized carbons (Fsp3) is 0.565. The van der Waals surface area contributed by atoms with Gasteiger partial charge in [-0.25, -0.2) is 0 Å². The smallest absolute Gasteiger partial charge is 0.251 e. The van der Waals surface area contributed by atoms with E-state index in [9.17, 15) is 4.79 Å². The van der Waals surface area contributed by atoms with Gasteiger partial charge in [-0.3, -0.25) is 9.69 Å². The first-order valence-electron chi connectivity index (χ1n) is 10.7. The Morgan fingerprint density at radius 2 is 2.07 bits per heavy atom. The van der Waals surface area contributed by atoms with Gasteiger partial charge in [-0.15, -0.1) is 0 Å². The molecule has 3 rings (SSSR count). The lowest BCUT2D eigenvalue weighted by Gasteiger charge is -2.35. The number of aryl methyl sites for hydroxylation is 2. The Labute approximate surface area is 173 Å². The SMILES string of the molecule is CCCCN1CCCCC1CNC(=O)c1ccc(OCc2c(C)noc2C)cc1. The van der Waals surface area contributed by atoms with Gasteiger partial charge < -0.3 is 14.6 Å². The molecular formula is C23H33N3O3. The van der Waals surface area contributed by atoms with Crippen LogP contribution in [0.25, 0.3) is 0 Å². The average Bonchev–Trinajstić information content (AvgIpc) is 3.07. The fourth-order valence-electron chi connectivity index (χ4n) is 3.83. The molecule has 1 saturated heterocycles. The van der Waals surface area contributed by atoms with E-state index in [-0.39, 0.29) is 5.91 Å². The van der Waals surface area contributed by atoms with Crippen molar-refractivity contribution in [1.29, 1.82) is 0 Å². The molecule has 1 amide bonds. The highest BCUT2D eigenvalue weighted by molar-refractivity contribution is 5.94. The molecule has 2 aromatic rings. The van der Waals surface area contributed by atoms with Gasteiger partial charge in [-0.05, 0) is 70.5 Å². The van der Waals surface area contributed by atoms with E-state index < -0.39 is 0 Å². The molecule has 6 heteroatoms. The first kappa shape index (κ1) is 21.4. The third-order valence-corrected chi connectivity index (χ3v) is 5.73. The topological polar surface area (TPSA) is 67.6 Å². The molecular weight excluding hydrogens is 366 g/mol. The molecule has 0 spiro atoms. The monoisotopic (exact) mass is 399 g/mol. The Kier molecular flexibility index (Phi) is 7.69. The molecule has 0 aliphatic carbocycles. The van der Waals surface area contributed by atoms with Gasteiger partial charge in [0.25, 0.3) is 5.91 Å². The van der Waals surface area contributed by atoms with Gasteiger partial charge in [-0.1, -0.05) is 24.9 Å². The number of hydrogen-bond acceptors (Lipinski definition) is 5. The van der Waals surface area contributed by atoms with Crippen molar-refractivity contribution >= 4 is 5.91 Å². The zero-order chi connectivity index (χ0) is 20.6. The quantitative estimate of drug-likeness (QED) is 0.683. The predicted molar refractivity (Wildman–Crippen MR) is 113 cm³/mol. The van der Waals surface area contributed by atoms with Crippen molar-refractivity contribution < 1.29 is 14.1 Å². The number of nitrogens with zero attached hydrogens (tertiary/aromatic N) is 2. The number of benzene rings is 1. The number of carbonyl (C=O) groups is 1. The number of amides is 1. The van der Waals surface area contributed by atoms with Crippen molar-refractivity contribution in [1.82, 2.24) is 15.4 Å². The molecule has 1 aromatic carbocycles. The van der Waals surface area contributed by atoms with Crippen molar-refractivity contribution in [2.45, 2.75) is 65.5 Å². The van der Waals surface area contributed by atoms with E-state index in [1.807, 2.05) is 38.1 Å². The van der Waals surface area contributed by atoms with Gasteiger partial charge in [0.2, 0.25) is 0 Å². The van der Waals surface area contributed by atoms with Crippen LogP contribution in [0.1, 0.15) is 66.4 Å². The van der Waals surface area contributed by atoms with E-state index >= 15 is 0 Å². The van der Waals surface area contributed by atoms with E-state index in [2.05, 4.69) is 22.3 Å². The number of ether oxygens (including phenoxy) is 1. The van der Waals surface area contributed by atoms with Gasteiger partial charge in [0, 0.05) is 18.2 Å².